The van der Waals surface area contributed by atoms with Gasteiger partial charge in [0.25, 0.3) is 5.56 Å². The molecule has 7 heterocycles. The number of aromatic amines is 1. The Morgan fingerprint density at radius 1 is 0.793 bits per heavy atom. The summed E-state index contributed by atoms with van der Waals surface area (Å²) in [7, 11) is 0. The second-order valence-corrected chi connectivity index (χ2v) is 13.9. The molecule has 12 atom stereocenters. The number of nitrogens with two attached hydrogens (primary N) is 2. The van der Waals surface area contributed by atoms with E-state index in [1.54, 1.807) is 0 Å². The average molecular weight is 936 g/mol. The first kappa shape index (κ1) is 44.4. The molecule has 4 aromatic heterocycles. The summed E-state index contributed by atoms with van der Waals surface area (Å²) in [5.41, 5.74) is 18.5. The van der Waals surface area contributed by atoms with Gasteiger partial charge in [0.15, 0.2) is 35.7 Å². The van der Waals surface area contributed by atoms with Crippen molar-refractivity contribution in [3.05, 3.63) is 69.6 Å². The Labute approximate surface area is 335 Å². The van der Waals surface area contributed by atoms with Crippen molar-refractivity contribution in [2.24, 2.45) is 5.11 Å². The molecule has 0 radical (unpaired) electrons. The van der Waals surface area contributed by atoms with Gasteiger partial charge in [0.05, 0.1) is 23.4 Å². The Morgan fingerprint density at radius 3 is 1.83 bits per heavy atom. The summed E-state index contributed by atoms with van der Waals surface area (Å²) in [4.78, 5) is 54.5. The van der Waals surface area contributed by atoms with Gasteiger partial charge in [-0.3, -0.25) is 23.5 Å². The van der Waals surface area contributed by atoms with Crippen molar-refractivity contribution >= 4 is 51.3 Å². The number of ether oxygens (including phenoxy) is 3. The van der Waals surface area contributed by atoms with E-state index in [-0.39, 0.29) is 34.3 Å². The fourth-order valence-electron chi connectivity index (χ4n) is 5.99. The van der Waals surface area contributed by atoms with Crippen LogP contribution in [0.2, 0.25) is 0 Å². The van der Waals surface area contributed by atoms with E-state index < -0.39 is 110 Å². The van der Waals surface area contributed by atoms with E-state index in [0.29, 0.717) is 3.57 Å². The van der Waals surface area contributed by atoms with E-state index >= 15 is 0 Å². The maximum absolute atomic E-state index is 11.7. The predicted molar refractivity (Wildman–Crippen MR) is 199 cm³/mol. The van der Waals surface area contributed by atoms with Gasteiger partial charge >= 0.3 is 11.4 Å². The second kappa shape index (κ2) is 18.5. The molecule has 58 heavy (non-hydrogen) atoms. The number of hydrogen-bond acceptors (Lipinski definition) is 22. The molecule has 0 aromatic carbocycles. The van der Waals surface area contributed by atoms with Gasteiger partial charge in [0.2, 0.25) is 5.95 Å². The minimum Gasteiger partial charge on any atom is -0.394 e. The van der Waals surface area contributed by atoms with Gasteiger partial charge in [-0.15, -0.1) is 0 Å². The highest BCUT2D eigenvalue weighted by Gasteiger charge is 2.46. The second-order valence-electron chi connectivity index (χ2n) is 12.7. The van der Waals surface area contributed by atoms with Gasteiger partial charge in [-0.25, -0.2) is 24.5 Å². The zero-order valence-corrected chi connectivity index (χ0v) is 31.9. The third kappa shape index (κ3) is 8.67. The lowest BCUT2D eigenvalue weighted by atomic mass is 10.1. The van der Waals surface area contributed by atoms with Crippen LogP contribution in [0.5, 0.6) is 0 Å². The molecule has 0 spiro atoms. The number of nitrogens with one attached hydrogen (secondary N) is 1. The first-order valence-corrected chi connectivity index (χ1v) is 17.8. The number of hydrogen-bond donors (Lipinski definition) is 12. The summed E-state index contributed by atoms with van der Waals surface area (Å²) < 4.78 is 19.6. The van der Waals surface area contributed by atoms with Gasteiger partial charge in [0, 0.05) is 22.9 Å². The summed E-state index contributed by atoms with van der Waals surface area (Å²) in [5.74, 6) is -0.00647. The number of aromatic nitrogens is 8. The van der Waals surface area contributed by atoms with Crippen LogP contribution in [-0.2, 0) is 14.2 Å². The summed E-state index contributed by atoms with van der Waals surface area (Å²) in [6.07, 6.45) is -10.4. The van der Waals surface area contributed by atoms with Gasteiger partial charge in [0.1, 0.15) is 67.1 Å². The molecule has 28 nitrogen and oxygen atoms in total. The van der Waals surface area contributed by atoms with Crippen LogP contribution in [0.4, 0.5) is 17.6 Å². The maximum atomic E-state index is 11.7. The van der Waals surface area contributed by atoms with Crippen molar-refractivity contribution in [1.29, 1.82) is 0 Å². The van der Waals surface area contributed by atoms with Crippen LogP contribution in [0, 0.1) is 10.5 Å². The highest BCUT2D eigenvalue weighted by atomic mass is 127. The van der Waals surface area contributed by atoms with Crippen molar-refractivity contribution in [2.75, 3.05) is 31.3 Å². The molecule has 0 aliphatic carbocycles. The number of rotatable bonds is 7. The Morgan fingerprint density at radius 2 is 1.31 bits per heavy atom. The lowest BCUT2D eigenvalue weighted by molar-refractivity contribution is -0.0551. The maximum Gasteiger partial charge on any atom is 0.351 e. The quantitative estimate of drug-likeness (QED) is 0.0356. The number of aryl methyl sites for hydroxylation is 1. The van der Waals surface area contributed by atoms with Crippen LogP contribution in [-0.4, -0.2) is 159 Å². The van der Waals surface area contributed by atoms with Gasteiger partial charge < -0.3 is 71.6 Å². The number of azide groups is 1. The normalized spacial score (nSPS) is 30.3. The molecule has 14 N–H and O–H groups in total. The van der Waals surface area contributed by atoms with Crippen molar-refractivity contribution < 1.29 is 60.2 Å². The van der Waals surface area contributed by atoms with E-state index in [0.717, 1.165) is 9.13 Å². The lowest BCUT2D eigenvalue weighted by Crippen LogP contribution is -2.38. The number of H-pyrrole nitrogens is 1. The molecule has 7 rings (SSSR count). The number of aliphatic hydroxyl groups is 9. The molecular formula is C29H38IN13O15. The number of imidazole rings is 1. The number of aliphatic hydroxyl groups excluding tert-OH is 9. The van der Waals surface area contributed by atoms with Crippen LogP contribution in [0.15, 0.2) is 38.2 Å². The molecule has 316 valence electrons. The molecule has 29 heteroatoms. The van der Waals surface area contributed by atoms with Crippen molar-refractivity contribution in [2.45, 2.75) is 80.5 Å². The van der Waals surface area contributed by atoms with E-state index in [2.05, 4.69) is 34.9 Å². The lowest BCUT2D eigenvalue weighted by Gasteiger charge is -2.17. The smallest absolute Gasteiger partial charge is 0.351 e. The summed E-state index contributed by atoms with van der Waals surface area (Å²) in [6.45, 7) is 0.0696. The van der Waals surface area contributed by atoms with Crippen LogP contribution < -0.4 is 28.4 Å². The Hall–Kier alpha value is -4.73. The summed E-state index contributed by atoms with van der Waals surface area (Å²) in [6, 6.07) is 0. The van der Waals surface area contributed by atoms with Crippen molar-refractivity contribution in [1.82, 2.24) is 38.6 Å². The fraction of sp³-hybridized carbons (Fsp3) is 0.552. The molecule has 0 saturated carbocycles. The van der Waals surface area contributed by atoms with E-state index in [9.17, 15) is 45.0 Å². The number of nitrogens with zero attached hydrogens (tertiary/aromatic N) is 10. The van der Waals surface area contributed by atoms with E-state index in [4.69, 9.17) is 46.5 Å². The zero-order valence-electron chi connectivity index (χ0n) is 29.8. The highest BCUT2D eigenvalue weighted by molar-refractivity contribution is 14.1. The van der Waals surface area contributed by atoms with Crippen molar-refractivity contribution in [3.8, 4) is 0 Å². The molecule has 0 unspecified atom stereocenters. The first-order valence-electron chi connectivity index (χ1n) is 16.8. The SMILES string of the molecule is Cc1cn([C@@H]2O[C@H](CO)[C@@H](O)[C@H]2O)c(=O)[nH]c1=O.Nc1nc(=O)n([C@@H]2O[C@H](CO)[C@@H](O)[C@H]2O)cc1I.[N-]=[N+]=Nc1nc2c(N)ncnc2n1[C@@H]1O[C@H](CO)[C@@H](O)[C@H]1O. The monoisotopic (exact) mass is 935 g/mol. The predicted octanol–water partition coefficient (Wildman–Crippen LogP) is -5.54. The van der Waals surface area contributed by atoms with Crippen LogP contribution >= 0.6 is 22.6 Å². The number of nitrogen functional groups attached to an aromatic ring is 2. The molecule has 3 aliphatic rings. The summed E-state index contributed by atoms with van der Waals surface area (Å²) in [5, 5.41) is 89.2. The first-order chi connectivity index (χ1) is 27.5. The van der Waals surface area contributed by atoms with Gasteiger partial charge in [-0.05, 0) is 40.2 Å². The average Bonchev–Trinajstić information content (AvgIpc) is 3.89. The topological polar surface area (TPSA) is 444 Å². The largest absolute Gasteiger partial charge is 0.394 e. The minimum absolute atomic E-state index is 0.0601. The standard InChI is InChI=1S/C10H12N8O4.C10H14N2O6.C9H12IN3O5/c11-7-4-8(14-2-13-7)18(10(15-4)16-17-12)9-6(21)5(20)3(1-19)22-9;1-4-2-12(10(17)11-8(4)16)9-7(15)6(14)5(3-13)18-9;10-3-1-13(9(17)12-7(3)11)8-6(16)5(15)4(2-14)18-8/h2-3,5-6,9,19-21H,1H2,(H2,11,13,14);2,5-7,9,13-15H,3H2,1H3,(H,11,16,17);1,4-6,8,14-16H,2H2,(H2,11,12,17)/t3-,5-,6-,9-;5-,6-,7-,9-;4-,5-,6-,8-/m111/s1. The molecule has 4 aromatic rings. The Kier molecular flexibility index (Phi) is 14.1. The van der Waals surface area contributed by atoms with Crippen molar-refractivity contribution in [3.63, 3.8) is 0 Å². The minimum atomic E-state index is -1.38. The fourth-order valence-corrected chi connectivity index (χ4v) is 6.41. The molecule has 3 fully saturated rings. The molecule has 3 saturated heterocycles. The number of fused-ring (bicyclic) bond motifs is 1. The van der Waals surface area contributed by atoms with E-state index in [1.165, 1.54) is 30.2 Å². The van der Waals surface area contributed by atoms with Gasteiger partial charge in [-0.1, -0.05) is 0 Å². The third-order valence-electron chi connectivity index (χ3n) is 9.06. The molecule has 3 aliphatic heterocycles. The Bertz CT molecular complexity index is 2320. The Balaban J connectivity index is 0.000000167. The zero-order chi connectivity index (χ0) is 42.7. The number of halogens is 1. The van der Waals surface area contributed by atoms with Crippen LogP contribution in [0.3, 0.4) is 0 Å². The molecule has 0 amide bonds. The molecule has 0 bridgehead atoms. The van der Waals surface area contributed by atoms with Crippen LogP contribution in [0.25, 0.3) is 21.6 Å². The molecular weight excluding hydrogens is 897 g/mol. The highest BCUT2D eigenvalue weighted by Crippen LogP contribution is 2.36. The number of anilines is 2. The van der Waals surface area contributed by atoms with Gasteiger partial charge in [-0.2, -0.15) is 4.98 Å². The van der Waals surface area contributed by atoms with Crippen LogP contribution in [0.1, 0.15) is 24.2 Å². The third-order valence-corrected chi connectivity index (χ3v) is 9.89. The van der Waals surface area contributed by atoms with E-state index in [1.807, 2.05) is 22.6 Å². The summed E-state index contributed by atoms with van der Waals surface area (Å²) >= 11 is 1.88.